The summed E-state index contributed by atoms with van der Waals surface area (Å²) in [7, 11) is 0. The Labute approximate surface area is 73.2 Å². The summed E-state index contributed by atoms with van der Waals surface area (Å²) in [5, 5.41) is 0. The molecule has 0 aromatic rings. The van der Waals surface area contributed by atoms with E-state index >= 15 is 0 Å². The van der Waals surface area contributed by atoms with E-state index in [1.807, 2.05) is 6.92 Å². The fourth-order valence-electron chi connectivity index (χ4n) is 0.912. The summed E-state index contributed by atoms with van der Waals surface area (Å²) in [5.41, 5.74) is 0. The van der Waals surface area contributed by atoms with E-state index in [4.69, 9.17) is 0 Å². The maximum absolute atomic E-state index is 11.1. The first-order valence-electron chi connectivity index (χ1n) is 3.40. The lowest BCUT2D eigenvalue weighted by molar-refractivity contribution is -0.136. The number of carbonyl (C=O) groups is 2. The molecule has 3 nitrogen and oxygen atoms in total. The summed E-state index contributed by atoms with van der Waals surface area (Å²) in [5.74, 6) is -0.444. The number of imide groups is 1. The zero-order valence-electron chi connectivity index (χ0n) is 6.13. The average Bonchev–Trinajstić information content (AvgIpc) is 2.17. The number of nitrogens with zero attached hydrogens (tertiary/aromatic N) is 1. The van der Waals surface area contributed by atoms with Gasteiger partial charge in [-0.3, -0.25) is 14.5 Å². The highest BCUT2D eigenvalue weighted by Crippen LogP contribution is 2.17. The zero-order chi connectivity index (χ0) is 8.43. The standard InChI is InChI=1S/C7H8BrNO2/c1-2-3-9-6(10)4-5(8)7(9)11/h4H,2-3H2,1H3. The monoisotopic (exact) mass is 217 g/mol. The van der Waals surface area contributed by atoms with Crippen molar-refractivity contribution in [1.82, 2.24) is 4.90 Å². The lowest BCUT2D eigenvalue weighted by Crippen LogP contribution is -2.31. The third kappa shape index (κ3) is 1.50. The van der Waals surface area contributed by atoms with Gasteiger partial charge in [-0.25, -0.2) is 0 Å². The number of carbonyl (C=O) groups excluding carboxylic acids is 2. The van der Waals surface area contributed by atoms with Crippen LogP contribution in [-0.4, -0.2) is 23.3 Å². The summed E-state index contributed by atoms with van der Waals surface area (Å²) in [6, 6.07) is 0. The summed E-state index contributed by atoms with van der Waals surface area (Å²) >= 11 is 3.00. The number of halogens is 1. The highest BCUT2D eigenvalue weighted by atomic mass is 79.9. The minimum absolute atomic E-state index is 0.219. The van der Waals surface area contributed by atoms with Crippen molar-refractivity contribution in [2.75, 3.05) is 6.54 Å². The molecular formula is C7H8BrNO2. The van der Waals surface area contributed by atoms with Crippen LogP contribution < -0.4 is 0 Å². The fourth-order valence-corrected chi connectivity index (χ4v) is 1.32. The van der Waals surface area contributed by atoms with Gasteiger partial charge in [0.05, 0.1) is 4.48 Å². The van der Waals surface area contributed by atoms with Gasteiger partial charge in [0, 0.05) is 12.6 Å². The van der Waals surface area contributed by atoms with E-state index in [9.17, 15) is 9.59 Å². The predicted molar refractivity (Wildman–Crippen MR) is 44.0 cm³/mol. The molecule has 1 aliphatic rings. The van der Waals surface area contributed by atoms with Gasteiger partial charge in [0.2, 0.25) is 0 Å². The van der Waals surface area contributed by atoms with Crippen molar-refractivity contribution in [3.63, 3.8) is 0 Å². The van der Waals surface area contributed by atoms with E-state index in [-0.39, 0.29) is 11.8 Å². The Morgan fingerprint density at radius 3 is 2.55 bits per heavy atom. The molecule has 2 amide bonds. The van der Waals surface area contributed by atoms with Gasteiger partial charge in [0.15, 0.2) is 0 Å². The molecule has 1 heterocycles. The minimum Gasteiger partial charge on any atom is -0.274 e. The van der Waals surface area contributed by atoms with E-state index in [0.717, 1.165) is 6.42 Å². The predicted octanol–water partition coefficient (Wildman–Crippen LogP) is 1.04. The largest absolute Gasteiger partial charge is 0.274 e. The third-order valence-electron chi connectivity index (χ3n) is 1.41. The molecule has 0 N–H and O–H groups in total. The number of amides is 2. The molecule has 0 aromatic heterocycles. The van der Waals surface area contributed by atoms with Gasteiger partial charge in [-0.15, -0.1) is 0 Å². The van der Waals surface area contributed by atoms with Crippen molar-refractivity contribution in [3.8, 4) is 0 Å². The SMILES string of the molecule is CCCN1C(=O)C=C(Br)C1=O. The van der Waals surface area contributed by atoms with E-state index in [1.165, 1.54) is 11.0 Å². The van der Waals surface area contributed by atoms with Gasteiger partial charge in [-0.1, -0.05) is 6.92 Å². The molecule has 0 aromatic carbocycles. The molecule has 4 heteroatoms. The maximum atomic E-state index is 11.1. The molecule has 0 spiro atoms. The zero-order valence-corrected chi connectivity index (χ0v) is 7.72. The number of hydrogen-bond donors (Lipinski definition) is 0. The molecule has 11 heavy (non-hydrogen) atoms. The van der Waals surface area contributed by atoms with Crippen LogP contribution in [0, 0.1) is 0 Å². The molecule has 0 fully saturated rings. The normalized spacial score (nSPS) is 17.6. The van der Waals surface area contributed by atoms with Crippen LogP contribution in [0.25, 0.3) is 0 Å². The van der Waals surface area contributed by atoms with Crippen molar-refractivity contribution < 1.29 is 9.59 Å². The number of hydrogen-bond acceptors (Lipinski definition) is 2. The Hall–Kier alpha value is -0.640. The van der Waals surface area contributed by atoms with Crippen molar-refractivity contribution in [1.29, 1.82) is 0 Å². The Morgan fingerprint density at radius 2 is 2.18 bits per heavy atom. The Bertz CT molecular complexity index is 235. The van der Waals surface area contributed by atoms with E-state index in [1.54, 1.807) is 0 Å². The molecule has 0 unspecified atom stereocenters. The first-order valence-corrected chi connectivity index (χ1v) is 4.19. The average molecular weight is 218 g/mol. The smallest absolute Gasteiger partial charge is 0.267 e. The van der Waals surface area contributed by atoms with Gasteiger partial charge >= 0.3 is 0 Å². The molecule has 0 bridgehead atoms. The molecule has 60 valence electrons. The van der Waals surface area contributed by atoms with Crippen LogP contribution in [0.15, 0.2) is 10.6 Å². The van der Waals surface area contributed by atoms with E-state index in [2.05, 4.69) is 15.9 Å². The quantitative estimate of drug-likeness (QED) is 0.649. The van der Waals surface area contributed by atoms with E-state index < -0.39 is 0 Å². The molecule has 1 rings (SSSR count). The first kappa shape index (κ1) is 8.46. The second kappa shape index (κ2) is 3.17. The lowest BCUT2D eigenvalue weighted by atomic mass is 10.4. The third-order valence-corrected chi connectivity index (χ3v) is 1.98. The van der Waals surface area contributed by atoms with Crippen LogP contribution in [0.5, 0.6) is 0 Å². The van der Waals surface area contributed by atoms with Crippen molar-refractivity contribution in [3.05, 3.63) is 10.6 Å². The van der Waals surface area contributed by atoms with Crippen molar-refractivity contribution >= 4 is 27.7 Å². The number of rotatable bonds is 2. The van der Waals surface area contributed by atoms with Gasteiger partial charge in [0.1, 0.15) is 0 Å². The Kier molecular flexibility index (Phi) is 2.44. The maximum Gasteiger partial charge on any atom is 0.267 e. The fraction of sp³-hybridized carbons (Fsp3) is 0.429. The van der Waals surface area contributed by atoms with Gasteiger partial charge < -0.3 is 0 Å². The van der Waals surface area contributed by atoms with Gasteiger partial charge in [0.25, 0.3) is 11.8 Å². The molecule has 0 radical (unpaired) electrons. The Balaban J connectivity index is 2.73. The second-order valence-corrected chi connectivity index (χ2v) is 3.14. The van der Waals surface area contributed by atoms with Crippen LogP contribution in [0.4, 0.5) is 0 Å². The highest BCUT2D eigenvalue weighted by molar-refractivity contribution is 9.12. The molecule has 0 atom stereocenters. The Morgan fingerprint density at radius 1 is 1.55 bits per heavy atom. The van der Waals surface area contributed by atoms with Crippen LogP contribution >= 0.6 is 15.9 Å². The molecule has 1 aliphatic heterocycles. The van der Waals surface area contributed by atoms with Crippen LogP contribution in [0.2, 0.25) is 0 Å². The molecular weight excluding hydrogens is 210 g/mol. The summed E-state index contributed by atoms with van der Waals surface area (Å²) in [4.78, 5) is 23.3. The van der Waals surface area contributed by atoms with Gasteiger partial charge in [-0.2, -0.15) is 0 Å². The summed E-state index contributed by atoms with van der Waals surface area (Å²) < 4.78 is 0.357. The molecule has 0 saturated carbocycles. The molecule has 0 saturated heterocycles. The van der Waals surface area contributed by atoms with Crippen LogP contribution in [-0.2, 0) is 9.59 Å². The van der Waals surface area contributed by atoms with E-state index in [0.29, 0.717) is 11.0 Å². The summed E-state index contributed by atoms with van der Waals surface area (Å²) in [6.07, 6.45) is 2.10. The van der Waals surface area contributed by atoms with Crippen molar-refractivity contribution in [2.45, 2.75) is 13.3 Å². The van der Waals surface area contributed by atoms with Crippen molar-refractivity contribution in [2.24, 2.45) is 0 Å². The van der Waals surface area contributed by atoms with Crippen LogP contribution in [0.3, 0.4) is 0 Å². The molecule has 0 aliphatic carbocycles. The highest BCUT2D eigenvalue weighted by Gasteiger charge is 2.28. The summed E-state index contributed by atoms with van der Waals surface area (Å²) in [6.45, 7) is 2.43. The van der Waals surface area contributed by atoms with Crippen LogP contribution in [0.1, 0.15) is 13.3 Å². The minimum atomic E-state index is -0.225. The van der Waals surface area contributed by atoms with Gasteiger partial charge in [-0.05, 0) is 22.4 Å². The first-order chi connectivity index (χ1) is 5.16. The topological polar surface area (TPSA) is 37.4 Å². The lowest BCUT2D eigenvalue weighted by Gasteiger charge is -2.11. The second-order valence-electron chi connectivity index (χ2n) is 2.29.